The van der Waals surface area contributed by atoms with Crippen molar-refractivity contribution in [1.82, 2.24) is 9.78 Å². The minimum absolute atomic E-state index is 0.451. The first kappa shape index (κ1) is 14.9. The summed E-state index contributed by atoms with van der Waals surface area (Å²) in [5.41, 5.74) is 2.23. The van der Waals surface area contributed by atoms with Crippen LogP contribution in [0, 0.1) is 19.3 Å². The van der Waals surface area contributed by atoms with Crippen molar-refractivity contribution in [1.29, 1.82) is 0 Å². The lowest BCUT2D eigenvalue weighted by Crippen LogP contribution is -2.27. The van der Waals surface area contributed by atoms with Crippen molar-refractivity contribution in [3.63, 3.8) is 0 Å². The van der Waals surface area contributed by atoms with Gasteiger partial charge in [0.05, 0.1) is 23.5 Å². The number of anilines is 1. The van der Waals surface area contributed by atoms with Gasteiger partial charge in [0.1, 0.15) is 5.82 Å². The third-order valence-corrected chi connectivity index (χ3v) is 3.28. The van der Waals surface area contributed by atoms with Crippen molar-refractivity contribution < 1.29 is 4.79 Å². The Kier molecular flexibility index (Phi) is 4.78. The number of aromatic nitrogens is 2. The lowest BCUT2D eigenvalue weighted by Gasteiger charge is -2.23. The van der Waals surface area contributed by atoms with Gasteiger partial charge >= 0.3 is 0 Å². The Morgan fingerprint density at radius 1 is 1.38 bits per heavy atom. The number of terminal acetylenes is 1. The summed E-state index contributed by atoms with van der Waals surface area (Å²) in [5, 5.41) is 4.51. The standard InChI is InChI=1S/C17H19N3O/c1-4-11-19(12-5-2)17-16(13-21)14(3)18-20(17)15-9-7-6-8-10-15/h1,6-10,13H,5,11-12H2,2-3H3. The molecule has 0 aliphatic heterocycles. The molecule has 2 aromatic rings. The van der Waals surface area contributed by atoms with Gasteiger partial charge in [-0.15, -0.1) is 6.42 Å². The molecule has 0 unspecified atom stereocenters. The van der Waals surface area contributed by atoms with Crippen molar-refractivity contribution in [3.8, 4) is 18.0 Å². The first-order valence-electron chi connectivity index (χ1n) is 7.01. The van der Waals surface area contributed by atoms with Crippen molar-refractivity contribution in [3.05, 3.63) is 41.6 Å². The van der Waals surface area contributed by atoms with Crippen LogP contribution in [-0.2, 0) is 0 Å². The summed E-state index contributed by atoms with van der Waals surface area (Å²) in [6, 6.07) is 9.77. The fourth-order valence-corrected chi connectivity index (χ4v) is 2.36. The predicted octanol–water partition coefficient (Wildman–Crippen LogP) is 2.84. The lowest BCUT2D eigenvalue weighted by atomic mass is 10.2. The normalized spacial score (nSPS) is 10.1. The smallest absolute Gasteiger partial charge is 0.155 e. The van der Waals surface area contributed by atoms with Crippen LogP contribution in [-0.4, -0.2) is 29.2 Å². The number of para-hydroxylation sites is 1. The highest BCUT2D eigenvalue weighted by atomic mass is 16.1. The summed E-state index contributed by atoms with van der Waals surface area (Å²) >= 11 is 0. The van der Waals surface area contributed by atoms with Gasteiger partial charge < -0.3 is 4.90 Å². The van der Waals surface area contributed by atoms with Gasteiger partial charge in [0.2, 0.25) is 0 Å². The molecule has 0 amide bonds. The number of aryl methyl sites for hydroxylation is 1. The van der Waals surface area contributed by atoms with E-state index in [1.54, 1.807) is 4.68 Å². The van der Waals surface area contributed by atoms with Crippen LogP contribution in [0.1, 0.15) is 29.4 Å². The molecule has 0 N–H and O–H groups in total. The molecule has 0 saturated heterocycles. The zero-order valence-corrected chi connectivity index (χ0v) is 12.4. The minimum Gasteiger partial charge on any atom is -0.345 e. The van der Waals surface area contributed by atoms with E-state index in [1.165, 1.54) is 0 Å². The van der Waals surface area contributed by atoms with Crippen LogP contribution in [0.4, 0.5) is 5.82 Å². The average Bonchev–Trinajstić information content (AvgIpc) is 2.84. The van der Waals surface area contributed by atoms with E-state index >= 15 is 0 Å². The van der Waals surface area contributed by atoms with E-state index in [-0.39, 0.29) is 0 Å². The maximum absolute atomic E-state index is 11.5. The largest absolute Gasteiger partial charge is 0.345 e. The van der Waals surface area contributed by atoms with E-state index < -0.39 is 0 Å². The Hall–Kier alpha value is -2.54. The van der Waals surface area contributed by atoms with E-state index in [0.29, 0.717) is 17.8 Å². The summed E-state index contributed by atoms with van der Waals surface area (Å²) in [6.45, 7) is 5.16. The second-order valence-corrected chi connectivity index (χ2v) is 4.81. The Balaban J connectivity index is 2.61. The molecule has 4 nitrogen and oxygen atoms in total. The third kappa shape index (κ3) is 2.97. The van der Waals surface area contributed by atoms with Crippen molar-refractivity contribution in [2.24, 2.45) is 0 Å². The fraction of sp³-hybridized carbons (Fsp3) is 0.294. The zero-order chi connectivity index (χ0) is 15.2. The highest BCUT2D eigenvalue weighted by Gasteiger charge is 2.20. The van der Waals surface area contributed by atoms with Crippen LogP contribution >= 0.6 is 0 Å². The van der Waals surface area contributed by atoms with Crippen molar-refractivity contribution >= 4 is 12.1 Å². The van der Waals surface area contributed by atoms with Crippen LogP contribution in [0.15, 0.2) is 30.3 Å². The number of carbonyl (C=O) groups excluding carboxylic acids is 1. The third-order valence-electron chi connectivity index (χ3n) is 3.28. The number of hydrogen-bond acceptors (Lipinski definition) is 3. The minimum atomic E-state index is 0.451. The second kappa shape index (κ2) is 6.76. The average molecular weight is 281 g/mol. The molecule has 1 heterocycles. The number of carbonyl (C=O) groups is 1. The summed E-state index contributed by atoms with van der Waals surface area (Å²) in [7, 11) is 0. The van der Waals surface area contributed by atoms with E-state index in [1.807, 2.05) is 42.2 Å². The van der Waals surface area contributed by atoms with Crippen LogP contribution in [0.2, 0.25) is 0 Å². The Bertz CT molecular complexity index is 653. The predicted molar refractivity (Wildman–Crippen MR) is 85.0 cm³/mol. The second-order valence-electron chi connectivity index (χ2n) is 4.81. The molecular weight excluding hydrogens is 262 g/mol. The Morgan fingerprint density at radius 2 is 2.10 bits per heavy atom. The molecule has 0 spiro atoms. The Morgan fingerprint density at radius 3 is 2.67 bits per heavy atom. The molecule has 0 fully saturated rings. The van der Waals surface area contributed by atoms with Gasteiger partial charge in [-0.3, -0.25) is 4.79 Å². The zero-order valence-electron chi connectivity index (χ0n) is 12.4. The fourth-order valence-electron chi connectivity index (χ4n) is 2.36. The molecule has 1 aromatic heterocycles. The number of benzene rings is 1. The molecule has 1 aromatic carbocycles. The number of aldehydes is 1. The monoisotopic (exact) mass is 281 g/mol. The number of rotatable bonds is 6. The highest BCUT2D eigenvalue weighted by Crippen LogP contribution is 2.26. The van der Waals surface area contributed by atoms with E-state index in [4.69, 9.17) is 6.42 Å². The molecule has 0 bridgehead atoms. The molecule has 0 radical (unpaired) electrons. The van der Waals surface area contributed by atoms with Gasteiger partial charge in [-0.1, -0.05) is 31.0 Å². The van der Waals surface area contributed by atoms with Gasteiger partial charge in [-0.05, 0) is 25.5 Å². The summed E-state index contributed by atoms with van der Waals surface area (Å²) in [6.07, 6.45) is 7.28. The SMILES string of the molecule is C#CCN(CCC)c1c(C=O)c(C)nn1-c1ccccc1. The van der Waals surface area contributed by atoms with Gasteiger partial charge in [0.25, 0.3) is 0 Å². The van der Waals surface area contributed by atoms with Gasteiger partial charge in [-0.2, -0.15) is 5.10 Å². The topological polar surface area (TPSA) is 38.1 Å². The van der Waals surface area contributed by atoms with Crippen LogP contribution in [0.25, 0.3) is 5.69 Å². The first-order valence-corrected chi connectivity index (χ1v) is 7.01. The van der Waals surface area contributed by atoms with E-state index in [0.717, 1.165) is 30.8 Å². The molecule has 0 aliphatic rings. The molecule has 0 saturated carbocycles. The number of hydrogen-bond donors (Lipinski definition) is 0. The van der Waals surface area contributed by atoms with E-state index in [9.17, 15) is 4.79 Å². The molecular formula is C17H19N3O. The maximum atomic E-state index is 11.5. The highest BCUT2D eigenvalue weighted by molar-refractivity contribution is 5.85. The first-order chi connectivity index (χ1) is 10.2. The maximum Gasteiger partial charge on any atom is 0.155 e. The van der Waals surface area contributed by atoms with Crippen molar-refractivity contribution in [2.75, 3.05) is 18.0 Å². The Labute approximate surface area is 125 Å². The molecule has 21 heavy (non-hydrogen) atoms. The van der Waals surface area contributed by atoms with Gasteiger partial charge in [0, 0.05) is 6.54 Å². The van der Waals surface area contributed by atoms with Gasteiger partial charge in [-0.25, -0.2) is 4.68 Å². The summed E-state index contributed by atoms with van der Waals surface area (Å²) in [5.74, 6) is 3.43. The molecule has 108 valence electrons. The quantitative estimate of drug-likeness (QED) is 0.603. The molecule has 4 heteroatoms. The van der Waals surface area contributed by atoms with E-state index in [2.05, 4.69) is 17.9 Å². The summed E-state index contributed by atoms with van der Waals surface area (Å²) < 4.78 is 1.80. The van der Waals surface area contributed by atoms with Gasteiger partial charge in [0.15, 0.2) is 6.29 Å². The lowest BCUT2D eigenvalue weighted by molar-refractivity contribution is 0.112. The van der Waals surface area contributed by atoms with Crippen LogP contribution in [0.5, 0.6) is 0 Å². The number of nitrogens with zero attached hydrogens (tertiary/aromatic N) is 3. The molecule has 2 rings (SSSR count). The van der Waals surface area contributed by atoms with Crippen molar-refractivity contribution in [2.45, 2.75) is 20.3 Å². The van der Waals surface area contributed by atoms with Crippen LogP contribution in [0.3, 0.4) is 0 Å². The molecule has 0 atom stereocenters. The summed E-state index contributed by atoms with van der Waals surface area (Å²) in [4.78, 5) is 13.5. The molecule has 0 aliphatic carbocycles. The van der Waals surface area contributed by atoms with Crippen LogP contribution < -0.4 is 4.90 Å².